The fraction of sp³-hybridized carbons (Fsp3) is 0.125. The summed E-state index contributed by atoms with van der Waals surface area (Å²) in [6.45, 7) is 14.0. The average molecular weight is 858 g/mol. The SMILES string of the molecule is CC(C)(C)c1ccc2c(c1)c1c3ccccc3cc3c4cc5c(cc4n2c31)c1c2ccccc2cc2c3cc(C(C)(C)C)cc(-c4ccc6c(c4)c4ccccc4n6-c4ccccc4)c3n5c21. The van der Waals surface area contributed by atoms with Gasteiger partial charge in [-0.25, -0.2) is 0 Å². The maximum Gasteiger partial charge on any atom is 0.0627 e. The summed E-state index contributed by atoms with van der Waals surface area (Å²) in [5.41, 5.74) is 16.4. The van der Waals surface area contributed by atoms with Crippen LogP contribution in [0, 0.1) is 0 Å². The van der Waals surface area contributed by atoms with Gasteiger partial charge in [0.2, 0.25) is 0 Å². The predicted molar refractivity (Wildman–Crippen MR) is 288 cm³/mol. The topological polar surface area (TPSA) is 13.8 Å². The van der Waals surface area contributed by atoms with Crippen LogP contribution in [-0.4, -0.2) is 13.4 Å². The van der Waals surface area contributed by atoms with Gasteiger partial charge in [-0.15, -0.1) is 0 Å². The quantitative estimate of drug-likeness (QED) is 0.164. The van der Waals surface area contributed by atoms with Crippen molar-refractivity contribution in [2.75, 3.05) is 0 Å². The lowest BCUT2D eigenvalue weighted by Gasteiger charge is -2.21. The van der Waals surface area contributed by atoms with Crippen LogP contribution in [0.25, 0.3) is 136 Å². The van der Waals surface area contributed by atoms with E-state index < -0.39 is 0 Å². The van der Waals surface area contributed by atoms with Gasteiger partial charge in [0.1, 0.15) is 0 Å². The molecule has 67 heavy (non-hydrogen) atoms. The van der Waals surface area contributed by atoms with Crippen LogP contribution in [0.4, 0.5) is 0 Å². The molecular formula is C64H47N3. The fourth-order valence-electron chi connectivity index (χ4n) is 12.3. The Balaban J connectivity index is 1.13. The first-order chi connectivity index (χ1) is 32.5. The summed E-state index contributed by atoms with van der Waals surface area (Å²) < 4.78 is 7.66. The highest BCUT2D eigenvalue weighted by Crippen LogP contribution is 2.51. The lowest BCUT2D eigenvalue weighted by Crippen LogP contribution is -2.11. The molecule has 0 N–H and O–H groups in total. The molecule has 0 bridgehead atoms. The molecule has 0 aliphatic rings. The Morgan fingerprint density at radius 2 is 0.836 bits per heavy atom. The molecule has 0 radical (unpaired) electrons. The van der Waals surface area contributed by atoms with E-state index in [1.54, 1.807) is 0 Å². The van der Waals surface area contributed by atoms with Gasteiger partial charge in [-0.1, -0.05) is 139 Å². The molecule has 0 amide bonds. The van der Waals surface area contributed by atoms with Crippen molar-refractivity contribution in [1.82, 2.24) is 13.4 Å². The first-order valence-corrected chi connectivity index (χ1v) is 23.8. The van der Waals surface area contributed by atoms with E-state index in [1.807, 2.05) is 0 Å². The van der Waals surface area contributed by atoms with Gasteiger partial charge in [-0.05, 0) is 128 Å². The number of rotatable bonds is 2. The first-order valence-electron chi connectivity index (χ1n) is 23.8. The molecule has 0 saturated carbocycles. The Morgan fingerprint density at radius 3 is 1.55 bits per heavy atom. The number of nitrogens with zero attached hydrogens (tertiary/aromatic N) is 3. The molecular weight excluding hydrogens is 811 g/mol. The van der Waals surface area contributed by atoms with Gasteiger partial charge in [0.05, 0.1) is 44.1 Å². The Labute approximate surface area is 387 Å². The van der Waals surface area contributed by atoms with E-state index in [4.69, 9.17) is 0 Å². The molecule has 0 spiro atoms. The smallest absolute Gasteiger partial charge is 0.0627 e. The van der Waals surface area contributed by atoms with Crippen LogP contribution in [0.1, 0.15) is 52.7 Å². The van der Waals surface area contributed by atoms with Gasteiger partial charge in [0, 0.05) is 65.1 Å². The van der Waals surface area contributed by atoms with E-state index in [0.29, 0.717) is 0 Å². The summed E-state index contributed by atoms with van der Waals surface area (Å²) in [5, 5.41) is 18.2. The highest BCUT2D eigenvalue weighted by Gasteiger charge is 2.28. The molecule has 15 aromatic rings. The highest BCUT2D eigenvalue weighted by molar-refractivity contribution is 6.36. The van der Waals surface area contributed by atoms with Crippen LogP contribution in [0.3, 0.4) is 0 Å². The summed E-state index contributed by atoms with van der Waals surface area (Å²) >= 11 is 0. The second-order valence-electron chi connectivity index (χ2n) is 21.4. The zero-order valence-corrected chi connectivity index (χ0v) is 38.6. The molecule has 15 rings (SSSR count). The van der Waals surface area contributed by atoms with Crippen LogP contribution < -0.4 is 0 Å². The maximum atomic E-state index is 2.65. The van der Waals surface area contributed by atoms with Crippen LogP contribution in [0.2, 0.25) is 0 Å². The second-order valence-corrected chi connectivity index (χ2v) is 21.4. The second kappa shape index (κ2) is 12.5. The van der Waals surface area contributed by atoms with Gasteiger partial charge in [-0.3, -0.25) is 0 Å². The van der Waals surface area contributed by atoms with Gasteiger partial charge in [-0.2, -0.15) is 0 Å². The van der Waals surface area contributed by atoms with Crippen molar-refractivity contribution >= 4 is 120 Å². The number of hydrogen-bond donors (Lipinski definition) is 0. The average Bonchev–Trinajstić information content (AvgIpc) is 4.12. The minimum absolute atomic E-state index is 0.0359. The zero-order valence-electron chi connectivity index (χ0n) is 38.6. The van der Waals surface area contributed by atoms with Gasteiger partial charge in [0.25, 0.3) is 0 Å². The van der Waals surface area contributed by atoms with Gasteiger partial charge < -0.3 is 13.4 Å². The minimum Gasteiger partial charge on any atom is -0.309 e. The molecule has 10 aromatic carbocycles. The molecule has 5 heterocycles. The van der Waals surface area contributed by atoms with Gasteiger partial charge in [0.15, 0.2) is 0 Å². The molecule has 0 aliphatic carbocycles. The number of aromatic nitrogens is 3. The standard InChI is InChI=1S/C64H47N3/c1-63(2,3)39-25-27-55-51(31-39)58-42-20-12-10-16-36(42)29-48-47-34-57-52(35-56(47)66(55)61(48)58)59-43-21-13-11-17-37(43)30-49-50-33-40(64(4,5)6)32-45(60(50)67(57)62(49)59)38-24-26-54-46(28-38)44-22-14-15-23-53(44)65(54)41-18-8-7-9-19-41/h7-35H,1-6H3. The van der Waals surface area contributed by atoms with Crippen molar-refractivity contribution in [2.45, 2.75) is 52.4 Å². The molecule has 0 saturated heterocycles. The molecule has 0 aliphatic heterocycles. The lowest BCUT2D eigenvalue weighted by molar-refractivity contribution is 0.591. The Hall–Kier alpha value is -7.88. The monoisotopic (exact) mass is 857 g/mol. The maximum absolute atomic E-state index is 2.65. The summed E-state index contributed by atoms with van der Waals surface area (Å²) in [4.78, 5) is 0. The van der Waals surface area contributed by atoms with Crippen molar-refractivity contribution in [3.63, 3.8) is 0 Å². The van der Waals surface area contributed by atoms with Crippen molar-refractivity contribution in [3.8, 4) is 16.8 Å². The summed E-state index contributed by atoms with van der Waals surface area (Å²) in [6, 6.07) is 67.2. The van der Waals surface area contributed by atoms with Crippen molar-refractivity contribution in [2.24, 2.45) is 0 Å². The third-order valence-corrected chi connectivity index (χ3v) is 15.5. The third-order valence-electron chi connectivity index (χ3n) is 15.5. The minimum atomic E-state index is -0.0708. The van der Waals surface area contributed by atoms with E-state index in [0.717, 1.165) is 0 Å². The van der Waals surface area contributed by atoms with E-state index in [9.17, 15) is 0 Å². The van der Waals surface area contributed by atoms with Crippen molar-refractivity contribution in [3.05, 3.63) is 187 Å². The summed E-state index contributed by atoms with van der Waals surface area (Å²) in [6.07, 6.45) is 0. The number of para-hydroxylation sites is 2. The van der Waals surface area contributed by atoms with Crippen LogP contribution in [0.5, 0.6) is 0 Å². The Kier molecular flexibility index (Phi) is 6.97. The molecule has 318 valence electrons. The molecule has 0 unspecified atom stereocenters. The predicted octanol–water partition coefficient (Wildman–Crippen LogP) is 17.7. The van der Waals surface area contributed by atoms with Gasteiger partial charge >= 0.3 is 0 Å². The largest absolute Gasteiger partial charge is 0.309 e. The molecule has 5 aromatic heterocycles. The van der Waals surface area contributed by atoms with E-state index in [2.05, 4.69) is 231 Å². The third kappa shape index (κ3) is 4.81. The summed E-state index contributed by atoms with van der Waals surface area (Å²) in [7, 11) is 0. The zero-order chi connectivity index (χ0) is 44.8. The van der Waals surface area contributed by atoms with Crippen LogP contribution in [-0.2, 0) is 10.8 Å². The first kappa shape index (κ1) is 37.4. The molecule has 3 nitrogen and oxygen atoms in total. The van der Waals surface area contributed by atoms with E-state index in [1.165, 1.54) is 147 Å². The molecule has 0 fully saturated rings. The molecule has 0 atom stereocenters. The normalized spacial score (nSPS) is 13.2. The van der Waals surface area contributed by atoms with Crippen molar-refractivity contribution < 1.29 is 0 Å². The van der Waals surface area contributed by atoms with Crippen molar-refractivity contribution in [1.29, 1.82) is 0 Å². The lowest BCUT2D eigenvalue weighted by atomic mass is 9.84. The number of hydrogen-bond acceptors (Lipinski definition) is 0. The van der Waals surface area contributed by atoms with Crippen LogP contribution in [0.15, 0.2) is 176 Å². The van der Waals surface area contributed by atoms with E-state index in [-0.39, 0.29) is 10.8 Å². The summed E-state index contributed by atoms with van der Waals surface area (Å²) in [5.74, 6) is 0. The van der Waals surface area contributed by atoms with E-state index >= 15 is 0 Å². The Morgan fingerprint density at radius 1 is 0.313 bits per heavy atom. The number of fused-ring (bicyclic) bond motifs is 19. The number of benzene rings is 10. The fourth-order valence-corrected chi connectivity index (χ4v) is 12.3. The molecule has 3 heteroatoms. The van der Waals surface area contributed by atoms with Crippen LogP contribution >= 0.6 is 0 Å². The Bertz CT molecular complexity index is 4620. The highest BCUT2D eigenvalue weighted by atomic mass is 15.0.